The van der Waals surface area contributed by atoms with Crippen LogP contribution in [0.3, 0.4) is 0 Å². The zero-order valence-corrected chi connectivity index (χ0v) is 11.5. The minimum absolute atomic E-state index is 0.256. The van der Waals surface area contributed by atoms with Crippen molar-refractivity contribution >= 4 is 5.91 Å². The Labute approximate surface area is 109 Å². The maximum absolute atomic E-state index is 12.3. The van der Waals surface area contributed by atoms with Gasteiger partial charge in [0.05, 0.1) is 6.42 Å². The monoisotopic (exact) mass is 246 g/mol. The summed E-state index contributed by atoms with van der Waals surface area (Å²) in [6.07, 6.45) is 0.540. The van der Waals surface area contributed by atoms with E-state index in [0.717, 1.165) is 26.2 Å². The number of nitrogens with one attached hydrogen (secondary N) is 1. The van der Waals surface area contributed by atoms with Crippen molar-refractivity contribution in [2.75, 3.05) is 26.2 Å². The highest BCUT2D eigenvalue weighted by molar-refractivity contribution is 5.79. The Balaban J connectivity index is 2.11. The van der Waals surface area contributed by atoms with Crippen LogP contribution >= 0.6 is 0 Å². The van der Waals surface area contributed by atoms with Crippen LogP contribution in [0, 0.1) is 20.8 Å². The fourth-order valence-electron chi connectivity index (χ4n) is 2.67. The minimum Gasteiger partial charge on any atom is -0.340 e. The van der Waals surface area contributed by atoms with Gasteiger partial charge in [0.1, 0.15) is 0 Å². The topological polar surface area (TPSA) is 32.3 Å². The highest BCUT2D eigenvalue weighted by Crippen LogP contribution is 2.17. The molecule has 0 aliphatic carbocycles. The number of rotatable bonds is 2. The van der Waals surface area contributed by atoms with Crippen LogP contribution in [0.25, 0.3) is 0 Å². The first-order valence-electron chi connectivity index (χ1n) is 6.63. The number of piperazine rings is 1. The van der Waals surface area contributed by atoms with Gasteiger partial charge in [-0.3, -0.25) is 4.79 Å². The summed E-state index contributed by atoms with van der Waals surface area (Å²) >= 11 is 0. The van der Waals surface area contributed by atoms with E-state index in [1.165, 1.54) is 22.3 Å². The summed E-state index contributed by atoms with van der Waals surface area (Å²) in [4.78, 5) is 14.2. The molecule has 1 aliphatic heterocycles. The summed E-state index contributed by atoms with van der Waals surface area (Å²) in [6, 6.07) is 4.32. The lowest BCUT2D eigenvalue weighted by molar-refractivity contribution is -0.131. The molecule has 0 saturated carbocycles. The molecule has 98 valence electrons. The maximum atomic E-state index is 12.3. The Bertz CT molecular complexity index is 425. The number of nitrogens with zero attached hydrogens (tertiary/aromatic N) is 1. The van der Waals surface area contributed by atoms with Gasteiger partial charge in [0.15, 0.2) is 0 Å². The number of carbonyl (C=O) groups is 1. The van der Waals surface area contributed by atoms with Gasteiger partial charge in [0.2, 0.25) is 5.91 Å². The van der Waals surface area contributed by atoms with Crippen molar-refractivity contribution in [3.05, 3.63) is 34.4 Å². The molecule has 18 heavy (non-hydrogen) atoms. The van der Waals surface area contributed by atoms with E-state index in [4.69, 9.17) is 0 Å². The first kappa shape index (κ1) is 13.1. The van der Waals surface area contributed by atoms with Gasteiger partial charge in [-0.25, -0.2) is 0 Å². The van der Waals surface area contributed by atoms with Crippen molar-refractivity contribution in [2.24, 2.45) is 0 Å². The molecule has 0 aromatic heterocycles. The maximum Gasteiger partial charge on any atom is 0.227 e. The second-order valence-electron chi connectivity index (χ2n) is 5.18. The van der Waals surface area contributed by atoms with Crippen LogP contribution in [0.1, 0.15) is 22.3 Å². The lowest BCUT2D eigenvalue weighted by Gasteiger charge is -2.28. The molecule has 0 unspecified atom stereocenters. The lowest BCUT2D eigenvalue weighted by atomic mass is 9.97. The highest BCUT2D eigenvalue weighted by atomic mass is 16.2. The first-order chi connectivity index (χ1) is 8.58. The highest BCUT2D eigenvalue weighted by Gasteiger charge is 2.18. The number of aryl methyl sites for hydroxylation is 3. The van der Waals surface area contributed by atoms with E-state index < -0.39 is 0 Å². The molecule has 3 nitrogen and oxygen atoms in total. The van der Waals surface area contributed by atoms with Gasteiger partial charge in [0, 0.05) is 26.2 Å². The molecule has 1 amide bonds. The Kier molecular flexibility index (Phi) is 4.02. The molecule has 1 fully saturated rings. The molecule has 0 radical (unpaired) electrons. The van der Waals surface area contributed by atoms with Crippen LogP contribution in [-0.2, 0) is 11.2 Å². The predicted molar refractivity (Wildman–Crippen MR) is 73.8 cm³/mol. The minimum atomic E-state index is 0.256. The van der Waals surface area contributed by atoms with Crippen LogP contribution in [0.2, 0.25) is 0 Å². The van der Waals surface area contributed by atoms with Crippen molar-refractivity contribution in [3.63, 3.8) is 0 Å². The fraction of sp³-hybridized carbons (Fsp3) is 0.533. The molecule has 2 rings (SSSR count). The summed E-state index contributed by atoms with van der Waals surface area (Å²) in [5, 5.41) is 3.27. The molecule has 0 spiro atoms. The lowest BCUT2D eigenvalue weighted by Crippen LogP contribution is -2.47. The van der Waals surface area contributed by atoms with Crippen LogP contribution in [0.4, 0.5) is 0 Å². The van der Waals surface area contributed by atoms with Gasteiger partial charge in [0.25, 0.3) is 0 Å². The third-order valence-corrected chi connectivity index (χ3v) is 3.64. The fourth-order valence-corrected chi connectivity index (χ4v) is 2.67. The van der Waals surface area contributed by atoms with Crippen molar-refractivity contribution in [3.8, 4) is 0 Å². The second kappa shape index (κ2) is 5.53. The molecular weight excluding hydrogens is 224 g/mol. The zero-order chi connectivity index (χ0) is 13.1. The van der Waals surface area contributed by atoms with E-state index >= 15 is 0 Å². The molecule has 1 saturated heterocycles. The van der Waals surface area contributed by atoms with Gasteiger partial charge in [-0.1, -0.05) is 17.7 Å². The third-order valence-electron chi connectivity index (χ3n) is 3.64. The molecule has 3 heteroatoms. The predicted octanol–water partition coefficient (Wildman–Crippen LogP) is 1.59. The van der Waals surface area contributed by atoms with Crippen LogP contribution in [-0.4, -0.2) is 37.0 Å². The molecule has 1 aliphatic rings. The third kappa shape index (κ3) is 2.91. The molecular formula is C15H22N2O. The van der Waals surface area contributed by atoms with Gasteiger partial charge in [-0.05, 0) is 37.5 Å². The van der Waals surface area contributed by atoms with Crippen LogP contribution in [0.5, 0.6) is 0 Å². The summed E-state index contributed by atoms with van der Waals surface area (Å²) < 4.78 is 0. The van der Waals surface area contributed by atoms with Crippen molar-refractivity contribution in [2.45, 2.75) is 27.2 Å². The van der Waals surface area contributed by atoms with Gasteiger partial charge < -0.3 is 10.2 Å². The van der Waals surface area contributed by atoms with Crippen molar-refractivity contribution < 1.29 is 4.79 Å². The number of hydrogen-bond donors (Lipinski definition) is 1. The van der Waals surface area contributed by atoms with Crippen LogP contribution in [0.15, 0.2) is 12.1 Å². The van der Waals surface area contributed by atoms with Crippen LogP contribution < -0.4 is 5.32 Å². The molecule has 1 N–H and O–H groups in total. The number of hydrogen-bond acceptors (Lipinski definition) is 2. The average molecular weight is 246 g/mol. The molecule has 1 aromatic carbocycles. The molecule has 1 heterocycles. The van der Waals surface area contributed by atoms with Gasteiger partial charge in [-0.2, -0.15) is 0 Å². The quantitative estimate of drug-likeness (QED) is 0.859. The second-order valence-corrected chi connectivity index (χ2v) is 5.18. The molecule has 1 aromatic rings. The summed E-state index contributed by atoms with van der Waals surface area (Å²) in [7, 11) is 0. The van der Waals surface area contributed by atoms with Gasteiger partial charge >= 0.3 is 0 Å². The smallest absolute Gasteiger partial charge is 0.227 e. The standard InChI is InChI=1S/C15H22N2O/c1-11-8-12(2)14(13(3)9-11)10-15(18)17-6-4-16-5-7-17/h8-9,16H,4-7,10H2,1-3H3. The summed E-state index contributed by atoms with van der Waals surface area (Å²) in [5.74, 6) is 0.256. The number of carbonyl (C=O) groups excluding carboxylic acids is 1. The van der Waals surface area contributed by atoms with E-state index in [9.17, 15) is 4.79 Å². The van der Waals surface area contributed by atoms with Crippen molar-refractivity contribution in [1.29, 1.82) is 0 Å². The molecule has 0 atom stereocenters. The average Bonchev–Trinajstić information content (AvgIpc) is 2.34. The zero-order valence-electron chi connectivity index (χ0n) is 11.5. The van der Waals surface area contributed by atoms with E-state index in [0.29, 0.717) is 6.42 Å². The Morgan fingerprint density at radius 3 is 2.28 bits per heavy atom. The number of benzene rings is 1. The molecule has 0 bridgehead atoms. The van der Waals surface area contributed by atoms with E-state index in [1.54, 1.807) is 0 Å². The largest absolute Gasteiger partial charge is 0.340 e. The normalized spacial score (nSPS) is 15.8. The Hall–Kier alpha value is -1.35. The van der Waals surface area contributed by atoms with E-state index in [2.05, 4.69) is 38.2 Å². The summed E-state index contributed by atoms with van der Waals surface area (Å²) in [5.41, 5.74) is 4.93. The number of amides is 1. The van der Waals surface area contributed by atoms with Crippen molar-refractivity contribution in [1.82, 2.24) is 10.2 Å². The van der Waals surface area contributed by atoms with E-state index in [1.807, 2.05) is 4.90 Å². The van der Waals surface area contributed by atoms with E-state index in [-0.39, 0.29) is 5.91 Å². The SMILES string of the molecule is Cc1cc(C)c(CC(=O)N2CCNCC2)c(C)c1. The Morgan fingerprint density at radius 1 is 1.17 bits per heavy atom. The Morgan fingerprint density at radius 2 is 1.72 bits per heavy atom. The van der Waals surface area contributed by atoms with Gasteiger partial charge in [-0.15, -0.1) is 0 Å². The summed E-state index contributed by atoms with van der Waals surface area (Å²) in [6.45, 7) is 9.80. The first-order valence-corrected chi connectivity index (χ1v) is 6.63.